The van der Waals surface area contributed by atoms with Crippen LogP contribution in [0.2, 0.25) is 0 Å². The number of hydrogen-bond acceptors (Lipinski definition) is 11. The van der Waals surface area contributed by atoms with E-state index in [0.29, 0.717) is 28.7 Å². The van der Waals surface area contributed by atoms with Crippen LogP contribution in [0.4, 0.5) is 29.0 Å². The minimum absolute atomic E-state index is 0.0255. The highest BCUT2D eigenvalue weighted by atomic mass is 16.6. The number of anilines is 3. The summed E-state index contributed by atoms with van der Waals surface area (Å²) in [6.07, 6.45) is 1.63. The molecule has 0 saturated heterocycles. The first-order valence-electron chi connectivity index (χ1n) is 12.0. The summed E-state index contributed by atoms with van der Waals surface area (Å²) in [6, 6.07) is 20.0. The van der Waals surface area contributed by atoms with Gasteiger partial charge in [0.25, 0.3) is 5.69 Å². The van der Waals surface area contributed by atoms with Crippen molar-refractivity contribution in [1.29, 1.82) is 0 Å². The molecule has 0 aliphatic heterocycles. The molecule has 1 N–H and O–H groups in total. The molecular formula is C28H23N7O5. The van der Waals surface area contributed by atoms with Gasteiger partial charge in [-0.05, 0) is 66.6 Å². The third-order valence-electron chi connectivity index (χ3n) is 5.73. The van der Waals surface area contributed by atoms with Gasteiger partial charge >= 0.3 is 11.6 Å². The Kier molecular flexibility index (Phi) is 7.14. The van der Waals surface area contributed by atoms with Gasteiger partial charge in [-0.2, -0.15) is 15.0 Å². The third-order valence-corrected chi connectivity index (χ3v) is 5.73. The number of fused-ring (bicyclic) bond motifs is 1. The summed E-state index contributed by atoms with van der Waals surface area (Å²) < 4.78 is 11.2. The predicted molar refractivity (Wildman–Crippen MR) is 152 cm³/mol. The Morgan fingerprint density at radius 2 is 1.75 bits per heavy atom. The number of aliphatic imine (C=N–C) groups is 1. The van der Waals surface area contributed by atoms with Crippen LogP contribution in [-0.4, -0.2) is 40.2 Å². The number of non-ortho nitro benzene ring substituents is 1. The minimum Gasteiger partial charge on any atom is -0.424 e. The van der Waals surface area contributed by atoms with E-state index in [1.165, 1.54) is 18.2 Å². The van der Waals surface area contributed by atoms with Crippen molar-refractivity contribution in [2.75, 3.05) is 24.3 Å². The van der Waals surface area contributed by atoms with Crippen LogP contribution in [0.5, 0.6) is 11.8 Å². The van der Waals surface area contributed by atoms with Gasteiger partial charge in [0, 0.05) is 55.6 Å². The highest BCUT2D eigenvalue weighted by Crippen LogP contribution is 2.27. The number of aryl methyl sites for hydroxylation is 1. The van der Waals surface area contributed by atoms with Crippen molar-refractivity contribution in [3.05, 3.63) is 104 Å². The Balaban J connectivity index is 1.33. The van der Waals surface area contributed by atoms with E-state index in [1.807, 2.05) is 25.1 Å². The number of nitrogens with zero attached hydrogens (tertiary/aromatic N) is 6. The van der Waals surface area contributed by atoms with E-state index in [0.717, 1.165) is 16.5 Å². The molecule has 0 aliphatic carbocycles. The fourth-order valence-corrected chi connectivity index (χ4v) is 3.71. The number of hydrogen-bond donors (Lipinski definition) is 1. The Morgan fingerprint density at radius 1 is 1.00 bits per heavy atom. The maximum absolute atomic E-state index is 11.8. The fourth-order valence-electron chi connectivity index (χ4n) is 3.71. The van der Waals surface area contributed by atoms with Gasteiger partial charge in [-0.15, -0.1) is 0 Å². The van der Waals surface area contributed by atoms with Crippen LogP contribution in [0.15, 0.2) is 87.0 Å². The lowest BCUT2D eigenvalue weighted by Gasteiger charge is -2.14. The third kappa shape index (κ3) is 6.07. The number of rotatable bonds is 8. The van der Waals surface area contributed by atoms with Gasteiger partial charge in [-0.25, -0.2) is 4.79 Å². The van der Waals surface area contributed by atoms with Gasteiger partial charge < -0.3 is 19.4 Å². The van der Waals surface area contributed by atoms with Crippen molar-refractivity contribution < 1.29 is 14.1 Å². The van der Waals surface area contributed by atoms with Gasteiger partial charge in [0.2, 0.25) is 11.9 Å². The number of nitro groups is 1. The van der Waals surface area contributed by atoms with Crippen LogP contribution in [0.3, 0.4) is 0 Å². The van der Waals surface area contributed by atoms with Crippen molar-refractivity contribution in [1.82, 2.24) is 15.0 Å². The second-order valence-corrected chi connectivity index (χ2v) is 8.92. The predicted octanol–water partition coefficient (Wildman–Crippen LogP) is 5.55. The van der Waals surface area contributed by atoms with Crippen LogP contribution in [0.1, 0.15) is 11.1 Å². The lowest BCUT2D eigenvalue weighted by Crippen LogP contribution is -2.15. The van der Waals surface area contributed by atoms with Crippen LogP contribution >= 0.6 is 0 Å². The normalized spacial score (nSPS) is 11.1. The van der Waals surface area contributed by atoms with E-state index in [4.69, 9.17) is 9.15 Å². The topological polar surface area (TPSA) is 149 Å². The van der Waals surface area contributed by atoms with E-state index in [1.54, 1.807) is 61.6 Å². The van der Waals surface area contributed by atoms with Gasteiger partial charge in [-0.1, -0.05) is 0 Å². The molecule has 0 amide bonds. The number of benzene rings is 3. The zero-order valence-electron chi connectivity index (χ0n) is 21.7. The van der Waals surface area contributed by atoms with Crippen LogP contribution in [0, 0.1) is 17.0 Å². The van der Waals surface area contributed by atoms with Crippen molar-refractivity contribution in [3.8, 4) is 11.8 Å². The number of nitrogens with one attached hydrogen (secondary N) is 1. The van der Waals surface area contributed by atoms with Crippen molar-refractivity contribution in [2.45, 2.75) is 6.92 Å². The average molecular weight is 538 g/mol. The van der Waals surface area contributed by atoms with E-state index in [-0.39, 0.29) is 17.6 Å². The van der Waals surface area contributed by atoms with Gasteiger partial charge in [0.15, 0.2) is 0 Å². The molecule has 5 rings (SSSR count). The summed E-state index contributed by atoms with van der Waals surface area (Å²) in [7, 11) is 3.60. The number of ether oxygens (including phenoxy) is 1. The second-order valence-electron chi connectivity index (χ2n) is 8.92. The van der Waals surface area contributed by atoms with Crippen LogP contribution in [-0.2, 0) is 0 Å². The van der Waals surface area contributed by atoms with E-state index in [9.17, 15) is 14.9 Å². The van der Waals surface area contributed by atoms with E-state index < -0.39 is 10.5 Å². The highest BCUT2D eigenvalue weighted by molar-refractivity contribution is 5.82. The molecule has 0 bridgehead atoms. The maximum atomic E-state index is 11.8. The molecule has 0 fully saturated rings. The monoisotopic (exact) mass is 537 g/mol. The lowest BCUT2D eigenvalue weighted by molar-refractivity contribution is -0.384. The number of aromatic nitrogens is 3. The minimum atomic E-state index is -0.444. The molecule has 2 heterocycles. The molecule has 2 aromatic heterocycles. The fraction of sp³-hybridized carbons (Fsp3) is 0.107. The maximum Gasteiger partial charge on any atom is 0.336 e. The molecule has 0 radical (unpaired) electrons. The molecule has 3 aromatic carbocycles. The summed E-state index contributed by atoms with van der Waals surface area (Å²) in [5.41, 5.74) is 2.94. The quantitative estimate of drug-likeness (QED) is 0.116. The Labute approximate surface area is 227 Å². The summed E-state index contributed by atoms with van der Waals surface area (Å²) in [5.74, 6) is 1.04. The molecule has 0 atom stereocenters. The van der Waals surface area contributed by atoms with Gasteiger partial charge in [0.05, 0.1) is 10.6 Å². The molecular weight excluding hydrogens is 514 g/mol. The van der Waals surface area contributed by atoms with Crippen LogP contribution < -0.4 is 20.6 Å². The summed E-state index contributed by atoms with van der Waals surface area (Å²) in [4.78, 5) is 41.5. The number of nitro benzene ring substituents is 1. The zero-order valence-corrected chi connectivity index (χ0v) is 21.7. The average Bonchev–Trinajstić information content (AvgIpc) is 2.92. The van der Waals surface area contributed by atoms with Crippen molar-refractivity contribution >= 4 is 46.1 Å². The Morgan fingerprint density at radius 3 is 2.45 bits per heavy atom. The smallest absolute Gasteiger partial charge is 0.336 e. The molecule has 0 saturated carbocycles. The molecule has 0 aliphatic rings. The SMILES string of the molecule is Cc1cc(=O)oc2cc(Oc3nc(Nc4ccc(N=Cc5ccc([N+](=O)[O-])cc5)cc4)nc(N(C)C)n3)ccc12. The first-order valence-corrected chi connectivity index (χ1v) is 12.0. The van der Waals surface area contributed by atoms with Crippen LogP contribution in [0.25, 0.3) is 11.0 Å². The Bertz CT molecular complexity index is 1780. The molecule has 40 heavy (non-hydrogen) atoms. The van der Waals surface area contributed by atoms with Crippen molar-refractivity contribution in [2.24, 2.45) is 4.99 Å². The first-order chi connectivity index (χ1) is 19.2. The standard InChI is InChI=1S/C28H23N7O5/c1-17-14-25(36)40-24-15-22(12-13-23(17)24)39-28-32-26(31-27(33-28)34(2)3)30-20-8-6-19(7-9-20)29-16-18-4-10-21(11-5-18)35(37)38/h4-16H,1-3H3,(H,30,31,32,33). The first kappa shape index (κ1) is 26.0. The molecule has 12 heteroatoms. The van der Waals surface area contributed by atoms with E-state index >= 15 is 0 Å². The molecule has 200 valence electrons. The second kappa shape index (κ2) is 11.0. The highest BCUT2D eigenvalue weighted by Gasteiger charge is 2.12. The molecule has 12 nitrogen and oxygen atoms in total. The summed E-state index contributed by atoms with van der Waals surface area (Å²) in [6.45, 7) is 1.84. The van der Waals surface area contributed by atoms with E-state index in [2.05, 4.69) is 25.3 Å². The van der Waals surface area contributed by atoms with Gasteiger partial charge in [0.1, 0.15) is 11.3 Å². The summed E-state index contributed by atoms with van der Waals surface area (Å²) in [5, 5.41) is 14.8. The van der Waals surface area contributed by atoms with Gasteiger partial charge in [-0.3, -0.25) is 15.1 Å². The summed E-state index contributed by atoms with van der Waals surface area (Å²) >= 11 is 0. The largest absolute Gasteiger partial charge is 0.424 e. The molecule has 0 unspecified atom stereocenters. The van der Waals surface area contributed by atoms with Crippen molar-refractivity contribution in [3.63, 3.8) is 0 Å². The molecule has 0 spiro atoms. The molecule has 5 aromatic rings. The Hall–Kier alpha value is -5.65. The zero-order chi connectivity index (χ0) is 28.2. The lowest BCUT2D eigenvalue weighted by atomic mass is 10.1.